The number of hydrogen-bond acceptors (Lipinski definition) is 3. The predicted octanol–water partition coefficient (Wildman–Crippen LogP) is 3.77. The highest BCUT2D eigenvalue weighted by Crippen LogP contribution is 2.49. The van der Waals surface area contributed by atoms with Gasteiger partial charge in [0.05, 0.1) is 18.8 Å². The van der Waals surface area contributed by atoms with Crippen molar-refractivity contribution in [1.29, 1.82) is 0 Å². The second kappa shape index (κ2) is 5.34. The first-order valence-corrected chi connectivity index (χ1v) is 8.15. The van der Waals surface area contributed by atoms with E-state index < -0.39 is 5.72 Å². The molecule has 2 atom stereocenters. The number of nitrogens with zero attached hydrogens (tertiary/aromatic N) is 1. The summed E-state index contributed by atoms with van der Waals surface area (Å²) in [5.41, 5.74) is 0.605. The Morgan fingerprint density at radius 2 is 2.08 bits per heavy atom. The third-order valence-corrected chi connectivity index (χ3v) is 4.88. The molecule has 2 aromatic rings. The molecule has 0 saturated carbocycles. The van der Waals surface area contributed by atoms with Gasteiger partial charge >= 0.3 is 0 Å². The van der Waals surface area contributed by atoms with E-state index in [-0.39, 0.29) is 11.9 Å². The maximum atomic E-state index is 14.4. The number of nitrogens with one attached hydrogen (secondary N) is 1. The van der Waals surface area contributed by atoms with E-state index in [9.17, 15) is 4.39 Å². The van der Waals surface area contributed by atoms with Crippen LogP contribution < -0.4 is 19.7 Å². The fourth-order valence-electron chi connectivity index (χ4n) is 3.52. The Morgan fingerprint density at radius 3 is 2.83 bits per heavy atom. The normalized spacial score (nSPS) is 24.7. The fourth-order valence-corrected chi connectivity index (χ4v) is 3.95. The van der Waals surface area contributed by atoms with Crippen LogP contribution in [0.5, 0.6) is 11.5 Å². The summed E-state index contributed by atoms with van der Waals surface area (Å²) in [7, 11) is 1.61. The molecule has 0 aliphatic carbocycles. The van der Waals surface area contributed by atoms with Crippen molar-refractivity contribution in [2.75, 3.05) is 12.0 Å². The molecule has 0 spiro atoms. The molecule has 24 heavy (non-hydrogen) atoms. The summed E-state index contributed by atoms with van der Waals surface area (Å²) in [6.45, 7) is 1.93. The molecule has 2 aliphatic rings. The third kappa shape index (κ3) is 2.13. The Labute approximate surface area is 145 Å². The Kier molecular flexibility index (Phi) is 3.38. The van der Waals surface area contributed by atoms with Crippen LogP contribution in [0.1, 0.15) is 24.9 Å². The highest BCUT2D eigenvalue weighted by Gasteiger charge is 2.49. The van der Waals surface area contributed by atoms with E-state index in [1.54, 1.807) is 30.2 Å². The van der Waals surface area contributed by atoms with Gasteiger partial charge in [-0.1, -0.05) is 24.3 Å². The molecule has 2 heterocycles. The van der Waals surface area contributed by atoms with Crippen LogP contribution in [0, 0.1) is 5.82 Å². The Hall–Kier alpha value is -2.34. The summed E-state index contributed by atoms with van der Waals surface area (Å²) in [5, 5.41) is 3.76. The van der Waals surface area contributed by atoms with Gasteiger partial charge in [-0.05, 0) is 37.3 Å². The number of halogens is 1. The molecule has 0 unspecified atom stereocenters. The van der Waals surface area contributed by atoms with E-state index in [1.807, 2.05) is 25.1 Å². The molecular weight excluding hydrogens is 327 g/mol. The third-order valence-electron chi connectivity index (χ3n) is 4.58. The van der Waals surface area contributed by atoms with Crippen LogP contribution in [0.25, 0.3) is 0 Å². The van der Waals surface area contributed by atoms with Gasteiger partial charge in [0.2, 0.25) is 0 Å². The molecule has 4 nitrogen and oxygen atoms in total. The lowest BCUT2D eigenvalue weighted by molar-refractivity contribution is 0.0459. The smallest absolute Gasteiger partial charge is 0.188 e. The molecule has 2 bridgehead atoms. The monoisotopic (exact) mass is 344 g/mol. The number of hydrogen-bond donors (Lipinski definition) is 1. The van der Waals surface area contributed by atoms with E-state index in [2.05, 4.69) is 5.32 Å². The molecule has 0 aromatic heterocycles. The van der Waals surface area contributed by atoms with Crippen molar-refractivity contribution in [2.24, 2.45) is 0 Å². The van der Waals surface area contributed by atoms with Crippen molar-refractivity contribution in [3.05, 3.63) is 53.8 Å². The van der Waals surface area contributed by atoms with Crippen molar-refractivity contribution < 1.29 is 13.9 Å². The van der Waals surface area contributed by atoms with Gasteiger partial charge in [0.1, 0.15) is 5.82 Å². The molecule has 124 valence electrons. The van der Waals surface area contributed by atoms with Gasteiger partial charge in [0, 0.05) is 12.0 Å². The lowest BCUT2D eigenvalue weighted by atomic mass is 9.90. The van der Waals surface area contributed by atoms with Crippen LogP contribution in [0.3, 0.4) is 0 Å². The standard InChI is InChI=1S/C18H17FN2O2S/c1-18-10-13(11-6-5-9-15(22-2)16(11)23-18)20-17(24)21(18)14-8-4-3-7-12(14)19/h3-9,13H,10H2,1-2H3,(H,20,24)/t13-,18+/m0/s1. The van der Waals surface area contributed by atoms with Gasteiger partial charge in [-0.15, -0.1) is 0 Å². The molecule has 0 amide bonds. The average Bonchev–Trinajstić information content (AvgIpc) is 2.55. The number of fused-ring (bicyclic) bond motifs is 4. The van der Waals surface area contributed by atoms with E-state index in [0.717, 1.165) is 5.56 Å². The lowest BCUT2D eigenvalue weighted by Gasteiger charge is -2.52. The molecule has 0 radical (unpaired) electrons. The molecule has 6 heteroatoms. The minimum absolute atomic E-state index is 0.00405. The molecule has 1 saturated heterocycles. The summed E-state index contributed by atoms with van der Waals surface area (Å²) in [4.78, 5) is 1.71. The van der Waals surface area contributed by atoms with Crippen LogP contribution >= 0.6 is 12.2 Å². The van der Waals surface area contributed by atoms with Crippen LogP contribution in [0.4, 0.5) is 10.1 Å². The SMILES string of the molecule is COc1cccc2c1O[C@]1(C)C[C@@H]2NC(=S)N1c1ccccc1F. The molecule has 2 aliphatic heterocycles. The predicted molar refractivity (Wildman–Crippen MR) is 94.0 cm³/mol. The summed E-state index contributed by atoms with van der Waals surface area (Å²) in [6.07, 6.45) is 0.641. The molecule has 2 aromatic carbocycles. The molecule has 1 fully saturated rings. The number of rotatable bonds is 2. The average molecular weight is 344 g/mol. The zero-order valence-electron chi connectivity index (χ0n) is 13.4. The lowest BCUT2D eigenvalue weighted by Crippen LogP contribution is -2.65. The van der Waals surface area contributed by atoms with Crippen LogP contribution in [-0.2, 0) is 0 Å². The number of thiocarbonyl (C=S) groups is 1. The Morgan fingerprint density at radius 1 is 1.29 bits per heavy atom. The van der Waals surface area contributed by atoms with Crippen molar-refractivity contribution in [1.82, 2.24) is 5.32 Å². The van der Waals surface area contributed by atoms with Gasteiger partial charge in [-0.25, -0.2) is 4.39 Å². The second-order valence-electron chi connectivity index (χ2n) is 6.15. The van der Waals surface area contributed by atoms with Crippen molar-refractivity contribution >= 4 is 23.0 Å². The van der Waals surface area contributed by atoms with Gasteiger partial charge < -0.3 is 14.8 Å². The second-order valence-corrected chi connectivity index (χ2v) is 6.54. The Balaban J connectivity index is 1.85. The summed E-state index contributed by atoms with van der Waals surface area (Å²) < 4.78 is 26.1. The summed E-state index contributed by atoms with van der Waals surface area (Å²) in [6, 6.07) is 12.4. The number of benzene rings is 2. The van der Waals surface area contributed by atoms with Crippen LogP contribution in [0.15, 0.2) is 42.5 Å². The van der Waals surface area contributed by atoms with Crippen molar-refractivity contribution in [3.8, 4) is 11.5 Å². The summed E-state index contributed by atoms with van der Waals surface area (Å²) >= 11 is 5.52. The highest BCUT2D eigenvalue weighted by molar-refractivity contribution is 7.80. The van der Waals surface area contributed by atoms with Crippen LogP contribution in [-0.4, -0.2) is 17.9 Å². The minimum Gasteiger partial charge on any atom is -0.493 e. The minimum atomic E-state index is -0.795. The van der Waals surface area contributed by atoms with Gasteiger partial charge in [0.15, 0.2) is 22.3 Å². The van der Waals surface area contributed by atoms with Crippen LogP contribution in [0.2, 0.25) is 0 Å². The number of para-hydroxylation sites is 2. The van der Waals surface area contributed by atoms with Gasteiger partial charge in [-0.3, -0.25) is 4.90 Å². The van der Waals surface area contributed by atoms with E-state index in [0.29, 0.717) is 28.7 Å². The molecule has 4 rings (SSSR count). The summed E-state index contributed by atoms with van der Waals surface area (Å²) in [5.74, 6) is 0.998. The van der Waals surface area contributed by atoms with Crippen molar-refractivity contribution in [3.63, 3.8) is 0 Å². The van der Waals surface area contributed by atoms with Gasteiger partial charge in [0.25, 0.3) is 0 Å². The molecular formula is C18H17FN2O2S. The maximum Gasteiger partial charge on any atom is 0.188 e. The first kappa shape index (κ1) is 15.2. The van der Waals surface area contributed by atoms with E-state index in [4.69, 9.17) is 21.7 Å². The van der Waals surface area contributed by atoms with Gasteiger partial charge in [-0.2, -0.15) is 0 Å². The maximum absolute atomic E-state index is 14.4. The molecule has 1 N–H and O–H groups in total. The zero-order valence-corrected chi connectivity index (χ0v) is 14.2. The number of ether oxygens (including phenoxy) is 2. The largest absolute Gasteiger partial charge is 0.493 e. The zero-order chi connectivity index (χ0) is 16.9. The number of methoxy groups -OCH3 is 1. The van der Waals surface area contributed by atoms with E-state index in [1.165, 1.54) is 6.07 Å². The Bertz CT molecular complexity index is 828. The van der Waals surface area contributed by atoms with Crippen molar-refractivity contribution in [2.45, 2.75) is 25.1 Å². The number of anilines is 1. The quantitative estimate of drug-likeness (QED) is 0.839. The topological polar surface area (TPSA) is 33.7 Å². The fraction of sp³-hybridized carbons (Fsp3) is 0.278. The first-order valence-electron chi connectivity index (χ1n) is 7.75. The first-order chi connectivity index (χ1) is 11.5. The highest BCUT2D eigenvalue weighted by atomic mass is 32.1. The van der Waals surface area contributed by atoms with E-state index >= 15 is 0 Å².